The average Bonchev–Trinajstić information content (AvgIpc) is 2.45. The molecule has 1 amide bonds. The summed E-state index contributed by atoms with van der Waals surface area (Å²) in [6.07, 6.45) is 1.56. The highest BCUT2D eigenvalue weighted by atomic mass is 32.1. The van der Waals surface area contributed by atoms with Crippen LogP contribution in [0.4, 0.5) is 4.39 Å². The number of benzene rings is 1. The highest BCUT2D eigenvalue weighted by Crippen LogP contribution is 2.11. The van der Waals surface area contributed by atoms with Gasteiger partial charge in [0, 0.05) is 35.1 Å². The minimum Gasteiger partial charge on any atom is -0.389 e. The van der Waals surface area contributed by atoms with E-state index < -0.39 is 5.82 Å². The van der Waals surface area contributed by atoms with Crippen LogP contribution in [0.1, 0.15) is 27.2 Å². The highest BCUT2D eigenvalue weighted by molar-refractivity contribution is 7.80. The fourth-order valence-corrected chi connectivity index (χ4v) is 1.94. The van der Waals surface area contributed by atoms with Crippen LogP contribution in [0.25, 0.3) is 0 Å². The molecule has 0 radical (unpaired) electrons. The minimum absolute atomic E-state index is 0.0870. The van der Waals surface area contributed by atoms with Gasteiger partial charge in [-0.3, -0.25) is 9.78 Å². The Bertz CT molecular complexity index is 703. The van der Waals surface area contributed by atoms with Gasteiger partial charge in [-0.2, -0.15) is 0 Å². The molecule has 0 saturated heterocycles. The number of nitrogens with one attached hydrogen (secondary N) is 1. The first-order valence-corrected chi connectivity index (χ1v) is 6.67. The number of hydrogen-bond acceptors (Lipinski definition) is 3. The number of aromatic nitrogens is 1. The molecule has 0 aliphatic heterocycles. The Labute approximate surface area is 127 Å². The van der Waals surface area contributed by atoms with Crippen molar-refractivity contribution in [3.63, 3.8) is 0 Å². The van der Waals surface area contributed by atoms with Gasteiger partial charge in [-0.25, -0.2) is 4.39 Å². The van der Waals surface area contributed by atoms with E-state index >= 15 is 0 Å². The zero-order valence-corrected chi connectivity index (χ0v) is 12.2. The molecule has 2 rings (SSSR count). The first-order chi connectivity index (χ1) is 9.97. The van der Waals surface area contributed by atoms with Crippen molar-refractivity contribution in [2.75, 3.05) is 0 Å². The molecule has 0 atom stereocenters. The Morgan fingerprint density at radius 1 is 1.33 bits per heavy atom. The van der Waals surface area contributed by atoms with Crippen LogP contribution in [0.3, 0.4) is 0 Å². The second kappa shape index (κ2) is 6.41. The summed E-state index contributed by atoms with van der Waals surface area (Å²) < 4.78 is 13.9. The molecule has 0 unspecified atom stereocenters. The molecule has 21 heavy (non-hydrogen) atoms. The van der Waals surface area contributed by atoms with Crippen molar-refractivity contribution >= 4 is 23.1 Å². The molecule has 1 aromatic heterocycles. The maximum absolute atomic E-state index is 13.9. The molecule has 0 spiro atoms. The van der Waals surface area contributed by atoms with Crippen molar-refractivity contribution in [3.8, 4) is 0 Å². The van der Waals surface area contributed by atoms with Gasteiger partial charge in [0.1, 0.15) is 10.8 Å². The molecular weight excluding hydrogens is 289 g/mol. The van der Waals surface area contributed by atoms with Gasteiger partial charge < -0.3 is 11.1 Å². The molecular formula is C15H14FN3OS. The number of nitrogens with two attached hydrogens (primary N) is 1. The second-order valence-corrected chi connectivity index (χ2v) is 4.98. The van der Waals surface area contributed by atoms with E-state index in [9.17, 15) is 9.18 Å². The molecule has 0 saturated carbocycles. The topological polar surface area (TPSA) is 68.0 Å². The summed E-state index contributed by atoms with van der Waals surface area (Å²) in [4.78, 5) is 16.1. The molecule has 3 N–H and O–H groups in total. The van der Waals surface area contributed by atoms with Crippen LogP contribution >= 0.6 is 12.2 Å². The van der Waals surface area contributed by atoms with Crippen molar-refractivity contribution in [1.29, 1.82) is 0 Å². The van der Waals surface area contributed by atoms with Crippen LogP contribution in [-0.4, -0.2) is 15.9 Å². The standard InChI is InChI=1S/C15H14FN3OS/c1-9-6-11(4-5-18-9)15(20)19-8-12-3-2-10(14(17)21)7-13(12)16/h2-7H,8H2,1H3,(H2,17,21)(H,19,20). The van der Waals surface area contributed by atoms with Crippen molar-refractivity contribution in [1.82, 2.24) is 10.3 Å². The lowest BCUT2D eigenvalue weighted by atomic mass is 10.1. The number of aryl methyl sites for hydroxylation is 1. The molecule has 108 valence electrons. The van der Waals surface area contributed by atoms with Gasteiger partial charge >= 0.3 is 0 Å². The predicted molar refractivity (Wildman–Crippen MR) is 82.4 cm³/mol. The number of nitrogens with zero attached hydrogens (tertiary/aromatic N) is 1. The smallest absolute Gasteiger partial charge is 0.251 e. The van der Waals surface area contributed by atoms with E-state index in [1.54, 1.807) is 37.4 Å². The van der Waals surface area contributed by atoms with Gasteiger partial charge in [0.05, 0.1) is 0 Å². The molecule has 6 heteroatoms. The Balaban J connectivity index is 2.06. The molecule has 2 aromatic rings. The van der Waals surface area contributed by atoms with E-state index in [-0.39, 0.29) is 17.4 Å². The van der Waals surface area contributed by atoms with Crippen molar-refractivity contribution < 1.29 is 9.18 Å². The Morgan fingerprint density at radius 3 is 2.71 bits per heavy atom. The van der Waals surface area contributed by atoms with Crippen LogP contribution in [0, 0.1) is 12.7 Å². The number of carbonyl (C=O) groups excluding carboxylic acids is 1. The number of amides is 1. The third kappa shape index (κ3) is 3.82. The van der Waals surface area contributed by atoms with Gasteiger partial charge in [0.2, 0.25) is 0 Å². The molecule has 0 aliphatic rings. The van der Waals surface area contributed by atoms with Gasteiger partial charge in [-0.05, 0) is 25.1 Å². The number of hydrogen-bond donors (Lipinski definition) is 2. The first-order valence-electron chi connectivity index (χ1n) is 6.26. The lowest BCUT2D eigenvalue weighted by molar-refractivity contribution is 0.0950. The maximum Gasteiger partial charge on any atom is 0.251 e. The third-order valence-electron chi connectivity index (χ3n) is 2.94. The predicted octanol–water partition coefficient (Wildman–Crippen LogP) is 2.09. The number of pyridine rings is 1. The van der Waals surface area contributed by atoms with E-state index in [0.29, 0.717) is 16.7 Å². The fraction of sp³-hybridized carbons (Fsp3) is 0.133. The molecule has 4 nitrogen and oxygen atoms in total. The largest absolute Gasteiger partial charge is 0.389 e. The second-order valence-electron chi connectivity index (χ2n) is 4.54. The quantitative estimate of drug-likeness (QED) is 0.849. The van der Waals surface area contributed by atoms with Crippen molar-refractivity contribution in [3.05, 3.63) is 64.7 Å². The lowest BCUT2D eigenvalue weighted by Gasteiger charge is -2.08. The summed E-state index contributed by atoms with van der Waals surface area (Å²) >= 11 is 4.78. The van der Waals surface area contributed by atoms with Crippen LogP contribution < -0.4 is 11.1 Å². The van der Waals surface area contributed by atoms with E-state index in [2.05, 4.69) is 10.3 Å². The third-order valence-corrected chi connectivity index (χ3v) is 3.17. The monoisotopic (exact) mass is 303 g/mol. The summed E-state index contributed by atoms with van der Waals surface area (Å²) in [6.45, 7) is 1.88. The first kappa shape index (κ1) is 15.1. The average molecular weight is 303 g/mol. The zero-order valence-electron chi connectivity index (χ0n) is 11.4. The Kier molecular flexibility index (Phi) is 4.59. The highest BCUT2D eigenvalue weighted by Gasteiger charge is 2.09. The summed E-state index contributed by atoms with van der Waals surface area (Å²) in [7, 11) is 0. The summed E-state index contributed by atoms with van der Waals surface area (Å²) in [5.41, 5.74) is 7.50. The molecule has 0 fully saturated rings. The van der Waals surface area contributed by atoms with E-state index in [4.69, 9.17) is 18.0 Å². The van der Waals surface area contributed by atoms with Crippen LogP contribution in [-0.2, 0) is 6.54 Å². The van der Waals surface area contributed by atoms with E-state index in [1.165, 1.54) is 6.07 Å². The van der Waals surface area contributed by atoms with Gasteiger partial charge in [-0.1, -0.05) is 24.4 Å². The van der Waals surface area contributed by atoms with Crippen LogP contribution in [0.2, 0.25) is 0 Å². The summed E-state index contributed by atoms with van der Waals surface area (Å²) in [5, 5.41) is 2.66. The zero-order chi connectivity index (χ0) is 15.4. The lowest BCUT2D eigenvalue weighted by Crippen LogP contribution is -2.23. The number of rotatable bonds is 4. The normalized spacial score (nSPS) is 10.2. The molecule has 0 bridgehead atoms. The molecule has 0 aliphatic carbocycles. The SMILES string of the molecule is Cc1cc(C(=O)NCc2ccc(C(N)=S)cc2F)ccn1. The Morgan fingerprint density at radius 2 is 2.10 bits per heavy atom. The number of thiocarbonyl (C=S) groups is 1. The van der Waals surface area contributed by atoms with E-state index in [0.717, 1.165) is 5.69 Å². The molecule has 1 aromatic carbocycles. The van der Waals surface area contributed by atoms with Gasteiger partial charge in [-0.15, -0.1) is 0 Å². The minimum atomic E-state index is -0.452. The summed E-state index contributed by atoms with van der Waals surface area (Å²) in [5.74, 6) is -0.732. The van der Waals surface area contributed by atoms with Crippen LogP contribution in [0.5, 0.6) is 0 Å². The summed E-state index contributed by atoms with van der Waals surface area (Å²) in [6, 6.07) is 7.72. The van der Waals surface area contributed by atoms with Crippen molar-refractivity contribution in [2.45, 2.75) is 13.5 Å². The number of halogens is 1. The van der Waals surface area contributed by atoms with Crippen LogP contribution in [0.15, 0.2) is 36.5 Å². The maximum atomic E-state index is 13.9. The molecule has 1 heterocycles. The number of carbonyl (C=O) groups is 1. The van der Waals surface area contributed by atoms with Gasteiger partial charge in [0.25, 0.3) is 5.91 Å². The van der Waals surface area contributed by atoms with E-state index in [1.807, 2.05) is 0 Å². The van der Waals surface area contributed by atoms with Gasteiger partial charge in [0.15, 0.2) is 0 Å². The fourth-order valence-electron chi connectivity index (χ4n) is 1.81. The van der Waals surface area contributed by atoms with Crippen molar-refractivity contribution in [2.24, 2.45) is 5.73 Å². The Hall–Kier alpha value is -2.34.